The Morgan fingerprint density at radius 2 is 2.00 bits per heavy atom. The van der Waals surface area contributed by atoms with Gasteiger partial charge in [-0.15, -0.1) is 0 Å². The predicted molar refractivity (Wildman–Crippen MR) is 77.9 cm³/mol. The van der Waals surface area contributed by atoms with Crippen LogP contribution in [0.4, 0.5) is 11.4 Å². The topological polar surface area (TPSA) is 75.6 Å². The van der Waals surface area contributed by atoms with E-state index in [9.17, 15) is 4.79 Å². The third-order valence-electron chi connectivity index (χ3n) is 3.71. The quantitative estimate of drug-likeness (QED) is 0.781. The van der Waals surface area contributed by atoms with Crippen LogP contribution in [0, 0.1) is 0 Å². The molecule has 0 aromatic heterocycles. The molecule has 104 valence electrons. The molecule has 1 heterocycles. The third kappa shape index (κ3) is 3.17. The number of hydrogen-bond donors (Lipinski definition) is 2. The molecule has 1 fully saturated rings. The SMILES string of the molecule is CCC(C(N)=O)N1CCN(c2cccc(N)c2)CC1. The maximum absolute atomic E-state index is 11.4. The van der Waals surface area contributed by atoms with Crippen molar-refractivity contribution in [3.05, 3.63) is 24.3 Å². The van der Waals surface area contributed by atoms with Gasteiger partial charge in [-0.25, -0.2) is 0 Å². The molecule has 1 unspecified atom stereocenters. The minimum Gasteiger partial charge on any atom is -0.399 e. The molecular formula is C14H22N4O. The number of piperazine rings is 1. The molecule has 0 radical (unpaired) electrons. The van der Waals surface area contributed by atoms with Gasteiger partial charge in [0.1, 0.15) is 0 Å². The fraction of sp³-hybridized carbons (Fsp3) is 0.500. The minimum atomic E-state index is -0.222. The second-order valence-corrected chi connectivity index (χ2v) is 4.94. The van der Waals surface area contributed by atoms with Gasteiger partial charge in [-0.2, -0.15) is 0 Å². The van der Waals surface area contributed by atoms with Gasteiger partial charge in [-0.1, -0.05) is 13.0 Å². The monoisotopic (exact) mass is 262 g/mol. The van der Waals surface area contributed by atoms with Gasteiger partial charge in [-0.05, 0) is 24.6 Å². The second kappa shape index (κ2) is 5.93. The Balaban J connectivity index is 1.97. The van der Waals surface area contributed by atoms with Crippen molar-refractivity contribution in [2.45, 2.75) is 19.4 Å². The van der Waals surface area contributed by atoms with Gasteiger partial charge in [0.05, 0.1) is 6.04 Å². The van der Waals surface area contributed by atoms with Crippen LogP contribution in [0.3, 0.4) is 0 Å². The highest BCUT2D eigenvalue weighted by Gasteiger charge is 2.26. The van der Waals surface area contributed by atoms with Crippen molar-refractivity contribution in [3.8, 4) is 0 Å². The number of rotatable bonds is 4. The van der Waals surface area contributed by atoms with E-state index in [-0.39, 0.29) is 11.9 Å². The van der Waals surface area contributed by atoms with Crippen LogP contribution >= 0.6 is 0 Å². The average Bonchev–Trinajstić information content (AvgIpc) is 2.40. The Morgan fingerprint density at radius 3 is 2.53 bits per heavy atom. The van der Waals surface area contributed by atoms with Crippen molar-refractivity contribution in [2.24, 2.45) is 5.73 Å². The van der Waals surface area contributed by atoms with Crippen LogP contribution in [0.15, 0.2) is 24.3 Å². The molecule has 5 heteroatoms. The fourth-order valence-electron chi connectivity index (χ4n) is 2.65. The lowest BCUT2D eigenvalue weighted by atomic mass is 10.1. The molecule has 0 spiro atoms. The van der Waals surface area contributed by atoms with Gasteiger partial charge >= 0.3 is 0 Å². The zero-order valence-corrected chi connectivity index (χ0v) is 11.4. The zero-order chi connectivity index (χ0) is 13.8. The number of carbonyl (C=O) groups excluding carboxylic acids is 1. The molecule has 5 nitrogen and oxygen atoms in total. The number of carbonyl (C=O) groups is 1. The largest absolute Gasteiger partial charge is 0.399 e. The summed E-state index contributed by atoms with van der Waals surface area (Å²) in [6.45, 7) is 5.51. The first-order valence-electron chi connectivity index (χ1n) is 6.75. The van der Waals surface area contributed by atoms with Crippen molar-refractivity contribution in [3.63, 3.8) is 0 Å². The zero-order valence-electron chi connectivity index (χ0n) is 11.4. The minimum absolute atomic E-state index is 0.136. The Kier molecular flexibility index (Phi) is 4.27. The van der Waals surface area contributed by atoms with E-state index in [2.05, 4.69) is 15.9 Å². The van der Waals surface area contributed by atoms with Crippen LogP contribution in [0.5, 0.6) is 0 Å². The van der Waals surface area contributed by atoms with E-state index < -0.39 is 0 Å². The molecule has 1 atom stereocenters. The Morgan fingerprint density at radius 1 is 1.32 bits per heavy atom. The lowest BCUT2D eigenvalue weighted by Gasteiger charge is -2.39. The summed E-state index contributed by atoms with van der Waals surface area (Å²) in [5.74, 6) is -0.222. The molecule has 0 bridgehead atoms. The van der Waals surface area contributed by atoms with E-state index in [1.54, 1.807) is 0 Å². The Bertz CT molecular complexity index is 441. The molecule has 1 aliphatic heterocycles. The lowest BCUT2D eigenvalue weighted by Crippen LogP contribution is -2.54. The molecule has 0 aliphatic carbocycles. The van der Waals surface area contributed by atoms with Gasteiger partial charge in [-0.3, -0.25) is 9.69 Å². The summed E-state index contributed by atoms with van der Waals surface area (Å²) in [6, 6.07) is 7.77. The van der Waals surface area contributed by atoms with E-state index in [0.29, 0.717) is 0 Å². The molecule has 4 N–H and O–H groups in total. The third-order valence-corrected chi connectivity index (χ3v) is 3.71. The highest BCUT2D eigenvalue weighted by molar-refractivity contribution is 5.79. The fourth-order valence-corrected chi connectivity index (χ4v) is 2.65. The van der Waals surface area contributed by atoms with Crippen LogP contribution in [-0.2, 0) is 4.79 Å². The van der Waals surface area contributed by atoms with Crippen molar-refractivity contribution in [2.75, 3.05) is 36.8 Å². The summed E-state index contributed by atoms with van der Waals surface area (Å²) < 4.78 is 0. The van der Waals surface area contributed by atoms with E-state index in [1.807, 2.05) is 25.1 Å². The summed E-state index contributed by atoms with van der Waals surface area (Å²) in [5, 5.41) is 0. The number of anilines is 2. The van der Waals surface area contributed by atoms with Gasteiger partial charge in [0.25, 0.3) is 0 Å². The van der Waals surface area contributed by atoms with Crippen molar-refractivity contribution in [1.29, 1.82) is 0 Å². The summed E-state index contributed by atoms with van der Waals surface area (Å²) in [4.78, 5) is 15.8. The number of nitrogens with two attached hydrogens (primary N) is 2. The summed E-state index contributed by atoms with van der Waals surface area (Å²) in [7, 11) is 0. The van der Waals surface area contributed by atoms with Crippen molar-refractivity contribution < 1.29 is 4.79 Å². The van der Waals surface area contributed by atoms with Gasteiger partial charge in [0, 0.05) is 37.6 Å². The summed E-state index contributed by atoms with van der Waals surface area (Å²) in [5.41, 5.74) is 13.2. The number of benzene rings is 1. The molecule has 0 saturated carbocycles. The highest BCUT2D eigenvalue weighted by Crippen LogP contribution is 2.20. The normalized spacial score (nSPS) is 18.3. The van der Waals surface area contributed by atoms with Crippen LogP contribution in [0.2, 0.25) is 0 Å². The number of nitrogen functional groups attached to an aromatic ring is 1. The predicted octanol–water partition coefficient (Wildman–Crippen LogP) is 0.655. The molecule has 2 rings (SSSR count). The van der Waals surface area contributed by atoms with Crippen LogP contribution in [-0.4, -0.2) is 43.0 Å². The molecular weight excluding hydrogens is 240 g/mol. The van der Waals surface area contributed by atoms with Crippen LogP contribution < -0.4 is 16.4 Å². The Hall–Kier alpha value is -1.75. The van der Waals surface area contributed by atoms with E-state index >= 15 is 0 Å². The summed E-state index contributed by atoms with van der Waals surface area (Å²) >= 11 is 0. The highest BCUT2D eigenvalue weighted by atomic mass is 16.1. The van der Waals surface area contributed by atoms with Crippen molar-refractivity contribution in [1.82, 2.24) is 4.90 Å². The first kappa shape index (κ1) is 13.7. The smallest absolute Gasteiger partial charge is 0.234 e. The summed E-state index contributed by atoms with van der Waals surface area (Å²) in [6.07, 6.45) is 0.771. The molecule has 1 aliphatic rings. The van der Waals surface area contributed by atoms with E-state index in [0.717, 1.165) is 44.0 Å². The first-order chi connectivity index (χ1) is 9.11. The molecule has 1 amide bonds. The second-order valence-electron chi connectivity index (χ2n) is 4.94. The first-order valence-corrected chi connectivity index (χ1v) is 6.75. The number of primary amides is 1. The maximum atomic E-state index is 11.4. The van der Waals surface area contributed by atoms with Gasteiger partial charge in [0.15, 0.2) is 0 Å². The van der Waals surface area contributed by atoms with E-state index in [4.69, 9.17) is 11.5 Å². The lowest BCUT2D eigenvalue weighted by molar-refractivity contribution is -0.123. The molecule has 1 aromatic carbocycles. The molecule has 1 aromatic rings. The van der Waals surface area contributed by atoms with Gasteiger partial charge in [0.2, 0.25) is 5.91 Å². The molecule has 1 saturated heterocycles. The standard InChI is InChI=1S/C14H22N4O/c1-2-13(14(16)19)18-8-6-17(7-9-18)12-5-3-4-11(15)10-12/h3-5,10,13H,2,6-9,15H2,1H3,(H2,16,19). The Labute approximate surface area is 114 Å². The van der Waals surface area contributed by atoms with Crippen LogP contribution in [0.1, 0.15) is 13.3 Å². The van der Waals surface area contributed by atoms with E-state index in [1.165, 1.54) is 0 Å². The molecule has 19 heavy (non-hydrogen) atoms. The van der Waals surface area contributed by atoms with Gasteiger partial charge < -0.3 is 16.4 Å². The average molecular weight is 262 g/mol. The maximum Gasteiger partial charge on any atom is 0.234 e. The number of nitrogens with zero attached hydrogens (tertiary/aromatic N) is 2. The van der Waals surface area contributed by atoms with Crippen LogP contribution in [0.25, 0.3) is 0 Å². The number of amides is 1. The number of hydrogen-bond acceptors (Lipinski definition) is 4. The van der Waals surface area contributed by atoms with Crippen molar-refractivity contribution >= 4 is 17.3 Å².